The van der Waals surface area contributed by atoms with E-state index in [1.165, 1.54) is 5.06 Å². The molecule has 0 aliphatic rings. The first-order valence-corrected chi connectivity index (χ1v) is 3.38. The van der Waals surface area contributed by atoms with Crippen LogP contribution in [0.5, 0.6) is 0 Å². The lowest BCUT2D eigenvalue weighted by Crippen LogP contribution is -2.26. The summed E-state index contributed by atoms with van der Waals surface area (Å²) in [6, 6.07) is 0. The monoisotopic (exact) mass is 144 g/mol. The fraction of sp³-hybridized carbons (Fsp3) is 0.714. The summed E-state index contributed by atoms with van der Waals surface area (Å²) in [5.41, 5.74) is 0. The number of nitrogens with zero attached hydrogens (tertiary/aromatic N) is 1. The predicted molar refractivity (Wildman–Crippen MR) is 39.0 cm³/mol. The minimum absolute atomic E-state index is 0.0525. The highest BCUT2D eigenvalue weighted by atomic mass is 16.7. The molecule has 0 rings (SSSR count). The normalized spacial score (nSPS) is 10.0. The SMILES string of the molecule is [CH2]CCN(C=O)OC(C)C. The first-order valence-electron chi connectivity index (χ1n) is 3.38. The van der Waals surface area contributed by atoms with Gasteiger partial charge in [0.25, 0.3) is 0 Å². The van der Waals surface area contributed by atoms with Crippen molar-refractivity contribution in [3.63, 3.8) is 0 Å². The van der Waals surface area contributed by atoms with Crippen LogP contribution < -0.4 is 0 Å². The molecule has 1 radical (unpaired) electrons. The van der Waals surface area contributed by atoms with Crippen molar-refractivity contribution in [2.24, 2.45) is 0 Å². The van der Waals surface area contributed by atoms with Crippen molar-refractivity contribution in [3.05, 3.63) is 6.92 Å². The number of hydrogen-bond acceptors (Lipinski definition) is 2. The van der Waals surface area contributed by atoms with Gasteiger partial charge in [-0.2, -0.15) is 0 Å². The molecule has 0 fully saturated rings. The van der Waals surface area contributed by atoms with Crippen molar-refractivity contribution in [1.82, 2.24) is 5.06 Å². The molecule has 3 nitrogen and oxygen atoms in total. The van der Waals surface area contributed by atoms with E-state index >= 15 is 0 Å². The minimum atomic E-state index is 0.0525. The van der Waals surface area contributed by atoms with Crippen molar-refractivity contribution < 1.29 is 9.63 Å². The quantitative estimate of drug-likeness (QED) is 0.425. The van der Waals surface area contributed by atoms with Gasteiger partial charge in [0.15, 0.2) is 0 Å². The summed E-state index contributed by atoms with van der Waals surface area (Å²) in [6.07, 6.45) is 1.40. The second-order valence-corrected chi connectivity index (χ2v) is 2.25. The molecule has 0 atom stereocenters. The summed E-state index contributed by atoms with van der Waals surface area (Å²) in [5.74, 6) is 0. The summed E-state index contributed by atoms with van der Waals surface area (Å²) in [4.78, 5) is 15.3. The van der Waals surface area contributed by atoms with Gasteiger partial charge in [-0.1, -0.05) is 6.92 Å². The Kier molecular flexibility index (Phi) is 4.94. The van der Waals surface area contributed by atoms with Crippen molar-refractivity contribution in [1.29, 1.82) is 0 Å². The maximum Gasteiger partial charge on any atom is 0.233 e. The van der Waals surface area contributed by atoms with Crippen LogP contribution in [0, 0.1) is 6.92 Å². The average molecular weight is 144 g/mol. The van der Waals surface area contributed by atoms with Crippen LogP contribution in [0.2, 0.25) is 0 Å². The Morgan fingerprint density at radius 2 is 2.30 bits per heavy atom. The molecular formula is C7H14NO2. The molecule has 3 heteroatoms. The maximum atomic E-state index is 10.2. The molecule has 0 aromatic heterocycles. The van der Waals surface area contributed by atoms with Gasteiger partial charge in [0, 0.05) is 6.54 Å². The van der Waals surface area contributed by atoms with Crippen LogP contribution in [0.25, 0.3) is 0 Å². The van der Waals surface area contributed by atoms with Gasteiger partial charge >= 0.3 is 0 Å². The number of amides is 1. The van der Waals surface area contributed by atoms with E-state index in [0.717, 1.165) is 0 Å². The molecule has 0 saturated heterocycles. The Bertz CT molecular complexity index is 93.6. The van der Waals surface area contributed by atoms with E-state index in [4.69, 9.17) is 4.84 Å². The highest BCUT2D eigenvalue weighted by Gasteiger charge is 2.01. The fourth-order valence-electron chi connectivity index (χ4n) is 0.557. The van der Waals surface area contributed by atoms with E-state index in [0.29, 0.717) is 19.4 Å². The molecule has 0 spiro atoms. The van der Waals surface area contributed by atoms with Crippen LogP contribution >= 0.6 is 0 Å². The van der Waals surface area contributed by atoms with Crippen molar-refractivity contribution in [2.45, 2.75) is 26.4 Å². The third kappa shape index (κ3) is 4.32. The van der Waals surface area contributed by atoms with Crippen LogP contribution in [-0.4, -0.2) is 24.1 Å². The topological polar surface area (TPSA) is 29.5 Å². The maximum absolute atomic E-state index is 10.2. The molecule has 0 aliphatic carbocycles. The molecule has 0 bridgehead atoms. The molecule has 0 aromatic rings. The summed E-state index contributed by atoms with van der Waals surface area (Å²) in [7, 11) is 0. The number of carbonyl (C=O) groups is 1. The van der Waals surface area contributed by atoms with Gasteiger partial charge < -0.3 is 0 Å². The van der Waals surface area contributed by atoms with Gasteiger partial charge in [-0.25, -0.2) is 5.06 Å². The third-order valence-electron chi connectivity index (χ3n) is 0.842. The molecule has 0 unspecified atom stereocenters. The molecule has 10 heavy (non-hydrogen) atoms. The molecule has 0 aromatic carbocycles. The van der Waals surface area contributed by atoms with Crippen molar-refractivity contribution >= 4 is 6.41 Å². The van der Waals surface area contributed by atoms with E-state index in [1.807, 2.05) is 13.8 Å². The number of hydrogen-bond donors (Lipinski definition) is 0. The van der Waals surface area contributed by atoms with Gasteiger partial charge in [0.2, 0.25) is 6.41 Å². The third-order valence-corrected chi connectivity index (χ3v) is 0.842. The van der Waals surface area contributed by atoms with Gasteiger partial charge in [0.05, 0.1) is 6.10 Å². The molecular weight excluding hydrogens is 130 g/mol. The van der Waals surface area contributed by atoms with Crippen LogP contribution in [0.15, 0.2) is 0 Å². The molecule has 59 valence electrons. The predicted octanol–water partition coefficient (Wildman–Crippen LogP) is 1.01. The zero-order valence-corrected chi connectivity index (χ0v) is 6.54. The lowest BCUT2D eigenvalue weighted by Gasteiger charge is -2.17. The van der Waals surface area contributed by atoms with Gasteiger partial charge in [-0.3, -0.25) is 9.63 Å². The number of rotatable bonds is 5. The fourth-order valence-corrected chi connectivity index (χ4v) is 0.557. The Morgan fingerprint density at radius 3 is 2.60 bits per heavy atom. The average Bonchev–Trinajstić information content (AvgIpc) is 1.86. The Balaban J connectivity index is 3.49. The minimum Gasteiger partial charge on any atom is -0.276 e. The highest BCUT2D eigenvalue weighted by Crippen LogP contribution is 1.94. The first kappa shape index (κ1) is 9.43. The van der Waals surface area contributed by atoms with E-state index in [2.05, 4.69) is 6.92 Å². The number of hydroxylamine groups is 2. The van der Waals surface area contributed by atoms with Crippen molar-refractivity contribution in [2.75, 3.05) is 6.54 Å². The van der Waals surface area contributed by atoms with E-state index in [1.54, 1.807) is 0 Å². The van der Waals surface area contributed by atoms with Crippen molar-refractivity contribution in [3.8, 4) is 0 Å². The summed E-state index contributed by atoms with van der Waals surface area (Å²) >= 11 is 0. The van der Waals surface area contributed by atoms with E-state index < -0.39 is 0 Å². The molecule has 1 amide bonds. The standard InChI is InChI=1S/C7H14NO2/c1-4-5-8(6-9)10-7(2)3/h6-7H,1,4-5H2,2-3H3. The largest absolute Gasteiger partial charge is 0.276 e. The van der Waals surface area contributed by atoms with E-state index in [-0.39, 0.29) is 6.10 Å². The smallest absolute Gasteiger partial charge is 0.233 e. The Hall–Kier alpha value is -0.570. The summed E-state index contributed by atoms with van der Waals surface area (Å²) in [6.45, 7) is 7.91. The second kappa shape index (κ2) is 5.23. The highest BCUT2D eigenvalue weighted by molar-refractivity contribution is 5.44. The Labute approximate surface area is 61.9 Å². The molecule has 0 heterocycles. The summed E-state index contributed by atoms with van der Waals surface area (Å²) < 4.78 is 0. The van der Waals surface area contributed by atoms with Gasteiger partial charge in [0.1, 0.15) is 0 Å². The van der Waals surface area contributed by atoms with Crippen LogP contribution in [0.4, 0.5) is 0 Å². The summed E-state index contributed by atoms with van der Waals surface area (Å²) in [5, 5.41) is 1.26. The van der Waals surface area contributed by atoms with Crippen LogP contribution in [0.3, 0.4) is 0 Å². The Morgan fingerprint density at radius 1 is 1.70 bits per heavy atom. The van der Waals surface area contributed by atoms with E-state index in [9.17, 15) is 4.79 Å². The van der Waals surface area contributed by atoms with Crippen LogP contribution in [-0.2, 0) is 9.63 Å². The zero-order chi connectivity index (χ0) is 7.98. The van der Waals surface area contributed by atoms with Crippen LogP contribution in [0.1, 0.15) is 20.3 Å². The zero-order valence-electron chi connectivity index (χ0n) is 6.54. The molecule has 0 saturated carbocycles. The van der Waals surface area contributed by atoms with Gasteiger partial charge in [-0.15, -0.1) is 0 Å². The first-order chi connectivity index (χ1) is 4.70. The number of carbonyl (C=O) groups excluding carboxylic acids is 1. The lowest BCUT2D eigenvalue weighted by molar-refractivity contribution is -0.186. The van der Waals surface area contributed by atoms with Gasteiger partial charge in [-0.05, 0) is 20.3 Å². The second-order valence-electron chi connectivity index (χ2n) is 2.25. The lowest BCUT2D eigenvalue weighted by atomic mass is 10.5. The molecule has 0 N–H and O–H groups in total. The molecule has 0 aliphatic heterocycles.